The van der Waals surface area contributed by atoms with Crippen molar-refractivity contribution in [2.45, 2.75) is 32.8 Å². The molecule has 0 aromatic heterocycles. The normalized spacial score (nSPS) is 12.1. The number of nitrogens with zero attached hydrogens (tertiary/aromatic N) is 1. The van der Waals surface area contributed by atoms with Crippen molar-refractivity contribution in [3.05, 3.63) is 28.8 Å². The first-order valence-corrected chi connectivity index (χ1v) is 6.84. The van der Waals surface area contributed by atoms with Gasteiger partial charge in [-0.1, -0.05) is 16.8 Å². The summed E-state index contributed by atoms with van der Waals surface area (Å²) in [6.45, 7) is 5.86. The molecule has 0 aliphatic rings. The van der Waals surface area contributed by atoms with E-state index in [4.69, 9.17) is 27.3 Å². The molecule has 1 aromatic carbocycles. The van der Waals surface area contributed by atoms with E-state index >= 15 is 0 Å². The summed E-state index contributed by atoms with van der Waals surface area (Å²) in [5.41, 5.74) is 6.16. The molecule has 6 nitrogen and oxygen atoms in total. The number of carbonyl (C=O) groups is 1. The van der Waals surface area contributed by atoms with Crippen molar-refractivity contribution in [1.29, 1.82) is 0 Å². The summed E-state index contributed by atoms with van der Waals surface area (Å²) < 4.78 is 5.20. The highest BCUT2D eigenvalue weighted by Gasteiger charge is 2.15. The van der Waals surface area contributed by atoms with Crippen molar-refractivity contribution < 1.29 is 14.7 Å². The second kappa shape index (κ2) is 7.17. The molecular weight excluding hydrogens is 294 g/mol. The molecule has 4 N–H and O–H groups in total. The average Bonchev–Trinajstić information content (AvgIpc) is 2.37. The molecule has 1 aromatic rings. The number of hydrogen-bond acceptors (Lipinski definition) is 5. The highest BCUT2D eigenvalue weighted by molar-refractivity contribution is 6.33. The Hall–Kier alpha value is -1.95. The van der Waals surface area contributed by atoms with Crippen LogP contribution in [-0.4, -0.2) is 29.2 Å². The first kappa shape index (κ1) is 17.1. The van der Waals surface area contributed by atoms with Crippen LogP contribution in [0.5, 0.6) is 0 Å². The Kier molecular flexibility index (Phi) is 5.84. The first-order chi connectivity index (χ1) is 9.73. The molecule has 116 valence electrons. The lowest BCUT2D eigenvalue weighted by Crippen LogP contribution is -2.25. The summed E-state index contributed by atoms with van der Waals surface area (Å²) >= 11 is 6.08. The number of nitrogens with one attached hydrogen (secondary N) is 1. The van der Waals surface area contributed by atoms with Gasteiger partial charge < -0.3 is 21.0 Å². The third kappa shape index (κ3) is 5.91. The van der Waals surface area contributed by atoms with E-state index in [1.54, 1.807) is 18.2 Å². The fraction of sp³-hybridized carbons (Fsp3) is 0.429. The molecule has 0 saturated heterocycles. The van der Waals surface area contributed by atoms with Crippen molar-refractivity contribution in [3.8, 4) is 0 Å². The maximum absolute atomic E-state index is 11.6. The number of anilines is 1. The van der Waals surface area contributed by atoms with E-state index in [9.17, 15) is 4.79 Å². The molecule has 0 fully saturated rings. The highest BCUT2D eigenvalue weighted by Crippen LogP contribution is 2.23. The van der Waals surface area contributed by atoms with Crippen LogP contribution in [-0.2, 0) is 9.53 Å². The molecule has 0 unspecified atom stereocenters. The van der Waals surface area contributed by atoms with Crippen LogP contribution in [0.2, 0.25) is 5.02 Å². The molecule has 0 aliphatic heterocycles. The van der Waals surface area contributed by atoms with Gasteiger partial charge in [0.1, 0.15) is 5.60 Å². The fourth-order valence-electron chi connectivity index (χ4n) is 1.57. The van der Waals surface area contributed by atoms with E-state index in [0.29, 0.717) is 22.8 Å². The van der Waals surface area contributed by atoms with Gasteiger partial charge in [-0.15, -0.1) is 0 Å². The van der Waals surface area contributed by atoms with Crippen LogP contribution in [0.15, 0.2) is 23.4 Å². The van der Waals surface area contributed by atoms with Gasteiger partial charge in [-0.05, 0) is 39.0 Å². The molecule has 7 heteroatoms. The number of amidine groups is 1. The van der Waals surface area contributed by atoms with E-state index in [1.165, 1.54) is 0 Å². The van der Waals surface area contributed by atoms with Crippen LogP contribution in [0.25, 0.3) is 0 Å². The van der Waals surface area contributed by atoms with Gasteiger partial charge in [-0.3, -0.25) is 4.79 Å². The van der Waals surface area contributed by atoms with Crippen LogP contribution >= 0.6 is 11.6 Å². The minimum Gasteiger partial charge on any atom is -0.460 e. The van der Waals surface area contributed by atoms with E-state index in [2.05, 4.69) is 10.5 Å². The predicted octanol–water partition coefficient (Wildman–Crippen LogP) is 2.58. The number of oxime groups is 1. The lowest BCUT2D eigenvalue weighted by atomic mass is 10.2. The van der Waals surface area contributed by atoms with E-state index in [1.807, 2.05) is 20.8 Å². The van der Waals surface area contributed by atoms with Crippen LogP contribution in [0, 0.1) is 0 Å². The molecule has 0 amide bonds. The van der Waals surface area contributed by atoms with Gasteiger partial charge in [0.15, 0.2) is 5.84 Å². The zero-order valence-electron chi connectivity index (χ0n) is 12.3. The molecule has 1 rings (SSSR count). The monoisotopic (exact) mass is 313 g/mol. The summed E-state index contributed by atoms with van der Waals surface area (Å²) in [4.78, 5) is 11.6. The molecule has 0 radical (unpaired) electrons. The van der Waals surface area contributed by atoms with Gasteiger partial charge in [0.2, 0.25) is 0 Å². The molecule has 0 atom stereocenters. The maximum atomic E-state index is 11.6. The number of benzene rings is 1. The zero-order chi connectivity index (χ0) is 16.0. The van der Waals surface area contributed by atoms with Crippen LogP contribution in [0.4, 0.5) is 5.69 Å². The number of rotatable bonds is 5. The second-order valence-electron chi connectivity index (χ2n) is 5.44. The van der Waals surface area contributed by atoms with Crippen LogP contribution in [0.1, 0.15) is 32.8 Å². The van der Waals surface area contributed by atoms with Crippen LogP contribution < -0.4 is 11.1 Å². The van der Waals surface area contributed by atoms with E-state index < -0.39 is 5.60 Å². The third-order valence-corrected chi connectivity index (χ3v) is 2.75. The second-order valence-corrected chi connectivity index (χ2v) is 5.85. The number of nitrogens with two attached hydrogens (primary N) is 1. The van der Waals surface area contributed by atoms with Crippen molar-refractivity contribution in [3.63, 3.8) is 0 Å². The van der Waals surface area contributed by atoms with Gasteiger partial charge in [0.05, 0.1) is 17.1 Å². The van der Waals surface area contributed by atoms with Crippen molar-refractivity contribution in [1.82, 2.24) is 0 Å². The van der Waals surface area contributed by atoms with E-state index in [-0.39, 0.29) is 18.2 Å². The third-order valence-electron chi connectivity index (χ3n) is 2.44. The zero-order valence-corrected chi connectivity index (χ0v) is 13.1. The Bertz CT molecular complexity index is 539. The lowest BCUT2D eigenvalue weighted by Gasteiger charge is -2.19. The van der Waals surface area contributed by atoms with Gasteiger partial charge in [-0.2, -0.15) is 0 Å². The summed E-state index contributed by atoms with van der Waals surface area (Å²) in [7, 11) is 0. The smallest absolute Gasteiger partial charge is 0.308 e. The molecule has 0 heterocycles. The summed E-state index contributed by atoms with van der Waals surface area (Å²) in [5, 5.41) is 15.0. The van der Waals surface area contributed by atoms with Crippen molar-refractivity contribution >= 4 is 29.1 Å². The van der Waals surface area contributed by atoms with Gasteiger partial charge in [0, 0.05) is 12.1 Å². The number of ether oxygens (including phenoxy) is 1. The standard InChI is InChI=1S/C14H20ClN3O3/c1-14(2,3)21-12(19)6-7-17-11-5-4-9(8-10(11)15)13(16)18-20/h4-5,8,17,20H,6-7H2,1-3H3,(H2,16,18). The molecule has 0 bridgehead atoms. The fourth-order valence-corrected chi connectivity index (χ4v) is 1.81. The van der Waals surface area contributed by atoms with Crippen molar-refractivity contribution in [2.24, 2.45) is 10.9 Å². The molecule has 21 heavy (non-hydrogen) atoms. The molecule has 0 aliphatic carbocycles. The summed E-state index contributed by atoms with van der Waals surface area (Å²) in [6.07, 6.45) is 0.232. The number of esters is 1. The van der Waals surface area contributed by atoms with Gasteiger partial charge in [-0.25, -0.2) is 0 Å². The molecule has 0 spiro atoms. The molecule has 0 saturated carbocycles. The topological polar surface area (TPSA) is 96.9 Å². The van der Waals surface area contributed by atoms with Crippen molar-refractivity contribution in [2.75, 3.05) is 11.9 Å². The minimum atomic E-state index is -0.489. The number of hydrogen-bond donors (Lipinski definition) is 3. The number of halogens is 1. The Morgan fingerprint density at radius 3 is 2.67 bits per heavy atom. The highest BCUT2D eigenvalue weighted by atomic mass is 35.5. The Balaban J connectivity index is 2.55. The van der Waals surface area contributed by atoms with Crippen LogP contribution in [0.3, 0.4) is 0 Å². The number of carbonyl (C=O) groups excluding carboxylic acids is 1. The van der Waals surface area contributed by atoms with Gasteiger partial charge in [0.25, 0.3) is 0 Å². The Labute approximate surface area is 128 Å². The van der Waals surface area contributed by atoms with E-state index in [0.717, 1.165) is 0 Å². The summed E-state index contributed by atoms with van der Waals surface area (Å²) in [6, 6.07) is 4.94. The quantitative estimate of drug-likeness (QED) is 0.255. The first-order valence-electron chi connectivity index (χ1n) is 6.46. The lowest BCUT2D eigenvalue weighted by molar-refractivity contribution is -0.154. The minimum absolute atomic E-state index is 0.0165. The SMILES string of the molecule is CC(C)(C)OC(=O)CCNc1ccc(/C(N)=N/O)cc1Cl. The summed E-state index contributed by atoms with van der Waals surface area (Å²) in [5.74, 6) is -0.295. The maximum Gasteiger partial charge on any atom is 0.308 e. The Morgan fingerprint density at radius 2 is 2.14 bits per heavy atom. The Morgan fingerprint density at radius 1 is 1.48 bits per heavy atom. The molecular formula is C14H20ClN3O3. The predicted molar refractivity (Wildman–Crippen MR) is 82.9 cm³/mol. The largest absolute Gasteiger partial charge is 0.460 e. The van der Waals surface area contributed by atoms with Gasteiger partial charge >= 0.3 is 5.97 Å². The average molecular weight is 314 g/mol.